The molecule has 0 spiro atoms. The Hall–Kier alpha value is -1.94. The first-order valence-corrected chi connectivity index (χ1v) is 46.0. The Morgan fingerprint density at radius 2 is 0.500 bits per heavy atom. The van der Waals surface area contributed by atoms with Crippen molar-refractivity contribution in [1.82, 2.24) is 0 Å². The fourth-order valence-corrected chi connectivity index (χ4v) is 14.4. The lowest BCUT2D eigenvalue weighted by Gasteiger charge is -2.21. The maximum atomic E-state index is 13.1. The molecule has 0 radical (unpaired) electrons. The van der Waals surface area contributed by atoms with Crippen LogP contribution in [-0.2, 0) is 65.4 Å². The van der Waals surface area contributed by atoms with Gasteiger partial charge in [0.1, 0.15) is 19.3 Å². The molecule has 0 amide bonds. The van der Waals surface area contributed by atoms with E-state index < -0.39 is 97.5 Å². The summed E-state index contributed by atoms with van der Waals surface area (Å²) >= 11 is 0. The van der Waals surface area contributed by atoms with Gasteiger partial charge in [-0.3, -0.25) is 37.3 Å². The molecule has 0 saturated heterocycles. The van der Waals surface area contributed by atoms with Crippen LogP contribution in [0.4, 0.5) is 0 Å². The summed E-state index contributed by atoms with van der Waals surface area (Å²) in [4.78, 5) is 73.1. The van der Waals surface area contributed by atoms with Crippen molar-refractivity contribution in [1.29, 1.82) is 0 Å². The van der Waals surface area contributed by atoms with Crippen molar-refractivity contribution in [2.24, 2.45) is 11.8 Å². The molecule has 102 heavy (non-hydrogen) atoms. The molecule has 0 fully saturated rings. The largest absolute Gasteiger partial charge is 0.472 e. The maximum Gasteiger partial charge on any atom is 0.472 e. The third-order valence-electron chi connectivity index (χ3n) is 19.8. The van der Waals surface area contributed by atoms with Gasteiger partial charge >= 0.3 is 39.5 Å². The highest BCUT2D eigenvalue weighted by molar-refractivity contribution is 7.47. The van der Waals surface area contributed by atoms with Gasteiger partial charge in [0.05, 0.1) is 26.4 Å². The third kappa shape index (κ3) is 74.9. The topological polar surface area (TPSA) is 237 Å². The second-order valence-electron chi connectivity index (χ2n) is 30.6. The van der Waals surface area contributed by atoms with Crippen molar-refractivity contribution in [2.75, 3.05) is 39.6 Å². The monoisotopic (exact) mass is 1490 g/mol. The van der Waals surface area contributed by atoms with Gasteiger partial charge in [-0.15, -0.1) is 0 Å². The first kappa shape index (κ1) is 100. The molecule has 606 valence electrons. The van der Waals surface area contributed by atoms with E-state index in [-0.39, 0.29) is 25.7 Å². The first-order valence-electron chi connectivity index (χ1n) is 43.0. The summed E-state index contributed by atoms with van der Waals surface area (Å²) in [5.74, 6) is -0.600. The van der Waals surface area contributed by atoms with Crippen LogP contribution in [-0.4, -0.2) is 96.7 Å². The Labute approximate surface area is 626 Å². The van der Waals surface area contributed by atoms with E-state index in [2.05, 4.69) is 41.5 Å². The zero-order valence-electron chi connectivity index (χ0n) is 66.9. The lowest BCUT2D eigenvalue weighted by molar-refractivity contribution is -0.161. The van der Waals surface area contributed by atoms with Crippen molar-refractivity contribution in [3.05, 3.63) is 0 Å². The van der Waals surface area contributed by atoms with Crippen LogP contribution in [0.15, 0.2) is 0 Å². The Kier molecular flexibility index (Phi) is 73.1. The van der Waals surface area contributed by atoms with Gasteiger partial charge in [0.25, 0.3) is 0 Å². The van der Waals surface area contributed by atoms with Crippen LogP contribution in [0, 0.1) is 11.8 Å². The van der Waals surface area contributed by atoms with E-state index in [1.54, 1.807) is 0 Å². The number of aliphatic hydroxyl groups excluding tert-OH is 1. The molecule has 3 N–H and O–H groups in total. The van der Waals surface area contributed by atoms with Gasteiger partial charge in [-0.2, -0.15) is 0 Å². The third-order valence-corrected chi connectivity index (χ3v) is 21.7. The van der Waals surface area contributed by atoms with E-state index in [0.717, 1.165) is 102 Å². The van der Waals surface area contributed by atoms with Gasteiger partial charge in [0.2, 0.25) is 0 Å². The lowest BCUT2D eigenvalue weighted by Crippen LogP contribution is -2.30. The zero-order chi connectivity index (χ0) is 74.9. The molecule has 0 aromatic rings. The molecule has 0 bridgehead atoms. The summed E-state index contributed by atoms with van der Waals surface area (Å²) in [5.41, 5.74) is 0. The second-order valence-corrected chi connectivity index (χ2v) is 33.5. The molecule has 0 saturated carbocycles. The Morgan fingerprint density at radius 1 is 0.284 bits per heavy atom. The van der Waals surface area contributed by atoms with Crippen molar-refractivity contribution in [3.8, 4) is 0 Å². The number of phosphoric ester groups is 2. The highest BCUT2D eigenvalue weighted by Gasteiger charge is 2.30. The highest BCUT2D eigenvalue weighted by atomic mass is 31.2. The van der Waals surface area contributed by atoms with Crippen LogP contribution >= 0.6 is 15.6 Å². The summed E-state index contributed by atoms with van der Waals surface area (Å²) in [7, 11) is -9.92. The number of phosphoric acid groups is 2. The summed E-state index contributed by atoms with van der Waals surface area (Å²) in [6, 6.07) is 0. The van der Waals surface area contributed by atoms with Gasteiger partial charge in [-0.1, -0.05) is 388 Å². The molecule has 19 heteroatoms. The number of carbonyl (C=O) groups excluding carboxylic acids is 4. The number of carbonyl (C=O) groups is 4. The molecule has 0 aromatic heterocycles. The molecular formula is C83H162O17P2. The van der Waals surface area contributed by atoms with Crippen molar-refractivity contribution in [3.63, 3.8) is 0 Å². The molecule has 0 rings (SSSR count). The number of hydrogen-bond acceptors (Lipinski definition) is 15. The van der Waals surface area contributed by atoms with E-state index >= 15 is 0 Å². The average molecular weight is 1490 g/mol. The first-order chi connectivity index (χ1) is 49.4. The van der Waals surface area contributed by atoms with Crippen LogP contribution in [0.25, 0.3) is 0 Å². The standard InChI is InChI=1S/C83H162O17P2/c1-7-10-12-14-16-18-20-22-24-26-28-29-31-33-35-37-42-48-55-61-67-82(87)99-78(71-93-80(85)65-59-53-47-41-36-34-32-30-27-25-23-21-19-17-15-13-11-8-2)73-97-101(89,90)95-69-77(84)70-96-102(91,92)98-74-79(72-94-81(86)66-60-54-50-44-45-51-57-63-75(4)5)100-83(88)68-62-56-49-43-39-38-40-46-52-58-64-76(6)9-3/h75-79,84H,7-74H2,1-6H3,(H,89,90)(H,91,92)/t76?,77-,78-,79-/m1/s1. The Balaban J connectivity index is 5.23. The normalized spacial score (nSPS) is 14.1. The molecule has 17 nitrogen and oxygen atoms in total. The van der Waals surface area contributed by atoms with Gasteiger partial charge in [-0.25, -0.2) is 9.13 Å². The van der Waals surface area contributed by atoms with Crippen molar-refractivity contribution in [2.45, 2.75) is 458 Å². The molecule has 0 aromatic carbocycles. The molecule has 6 atom stereocenters. The van der Waals surface area contributed by atoms with Crippen LogP contribution in [0.3, 0.4) is 0 Å². The lowest BCUT2D eigenvalue weighted by atomic mass is 9.99. The maximum absolute atomic E-state index is 13.1. The molecule has 0 aliphatic rings. The smallest absolute Gasteiger partial charge is 0.462 e. The minimum absolute atomic E-state index is 0.106. The minimum atomic E-state index is -4.96. The van der Waals surface area contributed by atoms with Crippen LogP contribution in [0.5, 0.6) is 0 Å². The van der Waals surface area contributed by atoms with E-state index in [9.17, 15) is 43.2 Å². The summed E-state index contributed by atoms with van der Waals surface area (Å²) in [5, 5.41) is 10.7. The molecular weight excluding hydrogens is 1330 g/mol. The predicted molar refractivity (Wildman–Crippen MR) is 418 cm³/mol. The van der Waals surface area contributed by atoms with Crippen LogP contribution in [0.2, 0.25) is 0 Å². The van der Waals surface area contributed by atoms with E-state index in [4.69, 9.17) is 37.0 Å². The van der Waals surface area contributed by atoms with Gasteiger partial charge < -0.3 is 33.8 Å². The average Bonchev–Trinajstić information content (AvgIpc) is 1.02. The number of rotatable bonds is 82. The predicted octanol–water partition coefficient (Wildman–Crippen LogP) is 25.1. The Bertz CT molecular complexity index is 1960. The zero-order valence-corrected chi connectivity index (χ0v) is 68.7. The second kappa shape index (κ2) is 74.5. The summed E-state index contributed by atoms with van der Waals surface area (Å²) < 4.78 is 68.8. The molecule has 0 heterocycles. The van der Waals surface area contributed by atoms with Crippen LogP contribution < -0.4 is 0 Å². The van der Waals surface area contributed by atoms with E-state index in [1.165, 1.54) is 250 Å². The van der Waals surface area contributed by atoms with Gasteiger partial charge in [-0.05, 0) is 37.5 Å². The number of unbranched alkanes of at least 4 members (excludes halogenated alkanes) is 51. The van der Waals surface area contributed by atoms with E-state index in [1.807, 2.05) is 0 Å². The summed E-state index contributed by atoms with van der Waals surface area (Å²) in [6.07, 6.45) is 65.3. The summed E-state index contributed by atoms with van der Waals surface area (Å²) in [6.45, 7) is 9.61. The van der Waals surface area contributed by atoms with Crippen LogP contribution in [0.1, 0.15) is 440 Å². The quantitative estimate of drug-likeness (QED) is 0.0222. The minimum Gasteiger partial charge on any atom is -0.462 e. The van der Waals surface area contributed by atoms with Gasteiger partial charge in [0.15, 0.2) is 12.2 Å². The number of ether oxygens (including phenoxy) is 4. The van der Waals surface area contributed by atoms with Crippen molar-refractivity contribution >= 4 is 39.5 Å². The Morgan fingerprint density at radius 3 is 0.745 bits per heavy atom. The van der Waals surface area contributed by atoms with Gasteiger partial charge in [0, 0.05) is 25.7 Å². The fourth-order valence-electron chi connectivity index (χ4n) is 12.9. The fraction of sp³-hybridized carbons (Fsp3) is 0.952. The van der Waals surface area contributed by atoms with Crippen molar-refractivity contribution < 1.29 is 80.2 Å². The molecule has 0 aliphatic carbocycles. The highest BCUT2D eigenvalue weighted by Crippen LogP contribution is 2.45. The number of hydrogen-bond donors (Lipinski definition) is 3. The molecule has 3 unspecified atom stereocenters. The van der Waals surface area contributed by atoms with E-state index in [0.29, 0.717) is 31.6 Å². The molecule has 0 aliphatic heterocycles. The number of aliphatic hydroxyl groups is 1. The number of esters is 4. The SMILES string of the molecule is CCCCCCCCCCCCCCCCCCCCCCC(=O)O[C@H](COC(=O)CCCCCCCCCCCCCCCCCCCC)COP(=O)(O)OC[C@@H](O)COP(=O)(O)OC[C@@H](COC(=O)CCCCCCCCCC(C)C)OC(=O)CCCCCCCCCCCCC(C)CC.